The molecule has 7 nitrogen and oxygen atoms in total. The first kappa shape index (κ1) is 25.1. The van der Waals surface area contributed by atoms with E-state index in [1.165, 1.54) is 6.07 Å². The van der Waals surface area contributed by atoms with Gasteiger partial charge in [0.1, 0.15) is 11.5 Å². The monoisotopic (exact) mass is 482 g/mol. The average molecular weight is 483 g/mol. The topological polar surface area (TPSA) is 93.7 Å². The lowest BCUT2D eigenvalue weighted by Crippen LogP contribution is -2.27. The highest BCUT2D eigenvalue weighted by molar-refractivity contribution is 7.92. The summed E-state index contributed by atoms with van der Waals surface area (Å²) in [5, 5.41) is 2.91. The summed E-state index contributed by atoms with van der Waals surface area (Å²) in [5.74, 6) is 0.845. The van der Waals surface area contributed by atoms with Gasteiger partial charge in [0, 0.05) is 11.1 Å². The molecule has 0 saturated carbocycles. The maximum Gasteiger partial charge on any atom is 0.262 e. The van der Waals surface area contributed by atoms with Crippen molar-refractivity contribution in [3.05, 3.63) is 82.4 Å². The van der Waals surface area contributed by atoms with Crippen LogP contribution in [0.15, 0.2) is 59.5 Å². The molecule has 3 aromatic carbocycles. The number of sulfonamides is 1. The molecule has 0 aromatic heterocycles. The molecule has 0 radical (unpaired) electrons. The number of carbonyl (C=O) groups excluding carboxylic acids is 1. The summed E-state index contributed by atoms with van der Waals surface area (Å²) < 4.78 is 39.7. The molecule has 34 heavy (non-hydrogen) atoms. The van der Waals surface area contributed by atoms with E-state index in [0.717, 1.165) is 16.7 Å². The molecule has 0 fully saturated rings. The maximum absolute atomic E-state index is 13.2. The van der Waals surface area contributed by atoms with Crippen molar-refractivity contribution < 1.29 is 22.7 Å². The molecule has 1 atom stereocenters. The Morgan fingerprint density at radius 2 is 1.59 bits per heavy atom. The van der Waals surface area contributed by atoms with E-state index in [9.17, 15) is 13.2 Å². The van der Waals surface area contributed by atoms with Crippen molar-refractivity contribution in [1.82, 2.24) is 5.32 Å². The Bertz CT molecular complexity index is 1320. The van der Waals surface area contributed by atoms with E-state index in [1.54, 1.807) is 57.5 Å². The van der Waals surface area contributed by atoms with E-state index in [2.05, 4.69) is 10.0 Å². The molecule has 0 aliphatic heterocycles. The van der Waals surface area contributed by atoms with Crippen molar-refractivity contribution in [2.75, 3.05) is 18.9 Å². The first-order chi connectivity index (χ1) is 16.1. The third kappa shape index (κ3) is 5.51. The molecular formula is C26H30N2O5S. The number of hydrogen-bond donors (Lipinski definition) is 2. The number of methoxy groups -OCH3 is 2. The van der Waals surface area contributed by atoms with Crippen molar-refractivity contribution in [1.29, 1.82) is 0 Å². The van der Waals surface area contributed by atoms with Gasteiger partial charge in [-0.15, -0.1) is 0 Å². The molecule has 1 amide bonds. The van der Waals surface area contributed by atoms with Crippen LogP contribution in [-0.2, 0) is 10.0 Å². The van der Waals surface area contributed by atoms with Gasteiger partial charge in [-0.3, -0.25) is 9.52 Å². The average Bonchev–Trinajstić information content (AvgIpc) is 2.80. The van der Waals surface area contributed by atoms with Gasteiger partial charge in [0.15, 0.2) is 0 Å². The van der Waals surface area contributed by atoms with Gasteiger partial charge in [0.2, 0.25) is 0 Å². The van der Waals surface area contributed by atoms with Crippen LogP contribution < -0.4 is 19.5 Å². The summed E-state index contributed by atoms with van der Waals surface area (Å²) in [5.41, 5.74) is 3.77. The van der Waals surface area contributed by atoms with E-state index in [4.69, 9.17) is 9.47 Å². The molecule has 2 N–H and O–H groups in total. The first-order valence-corrected chi connectivity index (χ1v) is 12.3. The smallest absolute Gasteiger partial charge is 0.262 e. The van der Waals surface area contributed by atoms with Gasteiger partial charge in [0.25, 0.3) is 15.9 Å². The molecule has 0 aliphatic rings. The number of aryl methyl sites for hydroxylation is 3. The molecule has 3 rings (SSSR count). The van der Waals surface area contributed by atoms with E-state index in [0.29, 0.717) is 22.7 Å². The van der Waals surface area contributed by atoms with Crippen LogP contribution >= 0.6 is 0 Å². The second-order valence-corrected chi connectivity index (χ2v) is 9.86. The molecule has 0 heterocycles. The summed E-state index contributed by atoms with van der Waals surface area (Å²) in [7, 11) is -0.786. The van der Waals surface area contributed by atoms with E-state index in [-0.39, 0.29) is 10.5 Å². The SMILES string of the molecule is COc1ccc(OC)c(C(C)NC(=O)c2ccc(C)c(S(=O)(=O)Nc3cc(C)ccc3C)c2)c1. The number of nitrogens with one attached hydrogen (secondary N) is 2. The lowest BCUT2D eigenvalue weighted by molar-refractivity contribution is 0.0939. The van der Waals surface area contributed by atoms with Gasteiger partial charge in [-0.1, -0.05) is 18.2 Å². The van der Waals surface area contributed by atoms with Gasteiger partial charge >= 0.3 is 0 Å². The molecule has 1 unspecified atom stereocenters. The molecule has 0 aliphatic carbocycles. The summed E-state index contributed by atoms with van der Waals surface area (Å²) in [6.07, 6.45) is 0. The molecule has 180 valence electrons. The standard InChI is InChI=1S/C26H30N2O5S/c1-16-7-8-17(2)23(13-16)28-34(30,31)25-14-20(10-9-18(25)3)26(29)27-19(4)22-15-21(32-5)11-12-24(22)33-6/h7-15,19,28H,1-6H3,(H,27,29). The summed E-state index contributed by atoms with van der Waals surface area (Å²) >= 11 is 0. The molecule has 8 heteroatoms. The lowest BCUT2D eigenvalue weighted by Gasteiger charge is -2.19. The van der Waals surface area contributed by atoms with Crippen LogP contribution in [0.3, 0.4) is 0 Å². The number of amides is 1. The molecule has 0 bridgehead atoms. The van der Waals surface area contributed by atoms with Crippen LogP contribution in [0.1, 0.15) is 45.6 Å². The van der Waals surface area contributed by atoms with Crippen LogP contribution in [0.5, 0.6) is 11.5 Å². The minimum atomic E-state index is -3.91. The zero-order valence-electron chi connectivity index (χ0n) is 20.2. The predicted octanol–water partition coefficient (Wildman–Crippen LogP) is 4.92. The minimum absolute atomic E-state index is 0.0488. The highest BCUT2D eigenvalue weighted by Gasteiger charge is 2.22. The van der Waals surface area contributed by atoms with E-state index < -0.39 is 22.0 Å². The number of anilines is 1. The minimum Gasteiger partial charge on any atom is -0.497 e. The number of hydrogen-bond acceptors (Lipinski definition) is 5. The molecular weight excluding hydrogens is 452 g/mol. The fourth-order valence-corrected chi connectivity index (χ4v) is 5.01. The third-order valence-corrected chi connectivity index (χ3v) is 7.14. The van der Waals surface area contributed by atoms with Crippen molar-refractivity contribution in [3.8, 4) is 11.5 Å². The first-order valence-electron chi connectivity index (χ1n) is 10.8. The Kier molecular flexibility index (Phi) is 7.51. The van der Waals surface area contributed by atoms with Gasteiger partial charge in [-0.25, -0.2) is 8.42 Å². The number of benzene rings is 3. The van der Waals surface area contributed by atoms with Crippen molar-refractivity contribution in [2.45, 2.75) is 38.6 Å². The Balaban J connectivity index is 1.88. The zero-order valence-corrected chi connectivity index (χ0v) is 21.0. The molecule has 0 spiro atoms. The van der Waals surface area contributed by atoms with Crippen LogP contribution in [0.2, 0.25) is 0 Å². The fraction of sp³-hybridized carbons (Fsp3) is 0.269. The fourth-order valence-electron chi connectivity index (χ4n) is 3.61. The molecule has 0 saturated heterocycles. The zero-order chi connectivity index (χ0) is 25.0. The Labute approximate surface area is 201 Å². The molecule has 3 aromatic rings. The van der Waals surface area contributed by atoms with Gasteiger partial charge in [-0.2, -0.15) is 0 Å². The van der Waals surface area contributed by atoms with E-state index in [1.807, 2.05) is 32.9 Å². The van der Waals surface area contributed by atoms with Gasteiger partial charge < -0.3 is 14.8 Å². The number of carbonyl (C=O) groups is 1. The second-order valence-electron chi connectivity index (χ2n) is 8.21. The lowest BCUT2D eigenvalue weighted by atomic mass is 10.1. The van der Waals surface area contributed by atoms with Crippen LogP contribution in [0, 0.1) is 20.8 Å². The third-order valence-electron chi connectivity index (χ3n) is 5.63. The van der Waals surface area contributed by atoms with E-state index >= 15 is 0 Å². The number of rotatable bonds is 8. The quantitative estimate of drug-likeness (QED) is 0.475. The summed E-state index contributed by atoms with van der Waals surface area (Å²) in [6.45, 7) is 7.25. The summed E-state index contributed by atoms with van der Waals surface area (Å²) in [6, 6.07) is 15.1. The maximum atomic E-state index is 13.2. The van der Waals surface area contributed by atoms with Crippen LogP contribution in [-0.4, -0.2) is 28.5 Å². The largest absolute Gasteiger partial charge is 0.497 e. The van der Waals surface area contributed by atoms with Crippen molar-refractivity contribution >= 4 is 21.6 Å². The van der Waals surface area contributed by atoms with Crippen LogP contribution in [0.4, 0.5) is 5.69 Å². The normalized spacial score (nSPS) is 12.1. The highest BCUT2D eigenvalue weighted by Crippen LogP contribution is 2.30. The summed E-state index contributed by atoms with van der Waals surface area (Å²) in [4.78, 5) is 13.1. The predicted molar refractivity (Wildman–Crippen MR) is 133 cm³/mol. The van der Waals surface area contributed by atoms with Gasteiger partial charge in [0.05, 0.1) is 30.8 Å². The highest BCUT2D eigenvalue weighted by atomic mass is 32.2. The Morgan fingerprint density at radius 3 is 2.26 bits per heavy atom. The van der Waals surface area contributed by atoms with Crippen molar-refractivity contribution in [2.24, 2.45) is 0 Å². The van der Waals surface area contributed by atoms with Gasteiger partial charge in [-0.05, 0) is 80.8 Å². The second kappa shape index (κ2) is 10.2. The van der Waals surface area contributed by atoms with Crippen molar-refractivity contribution in [3.63, 3.8) is 0 Å². The number of ether oxygens (including phenoxy) is 2. The van der Waals surface area contributed by atoms with Crippen LogP contribution in [0.25, 0.3) is 0 Å². The Hall–Kier alpha value is -3.52. The Morgan fingerprint density at radius 1 is 0.882 bits per heavy atom.